The quantitative estimate of drug-likeness (QED) is 0.0307. The summed E-state index contributed by atoms with van der Waals surface area (Å²) in [5.41, 5.74) is 13.6. The molecule has 10 aromatic rings. The van der Waals surface area contributed by atoms with Gasteiger partial charge in [0.15, 0.2) is 0 Å². The summed E-state index contributed by atoms with van der Waals surface area (Å²) in [7, 11) is -0.861. The van der Waals surface area contributed by atoms with Crippen LogP contribution in [0.3, 0.4) is 0 Å². The van der Waals surface area contributed by atoms with Crippen LogP contribution in [-0.4, -0.2) is 58.6 Å². The number of fused-ring (bicyclic) bond motifs is 6. The predicted octanol–water partition coefficient (Wildman–Crippen LogP) is 31.7. The first-order valence-corrected chi connectivity index (χ1v) is 48.2. The summed E-state index contributed by atoms with van der Waals surface area (Å²) >= 11 is 0. The first-order valence-electron chi connectivity index (χ1n) is 44.5. The Bertz CT molecular complexity index is 4790. The minimum Gasteiger partial charge on any atom is -0.505 e. The molecule has 1 fully saturated rings. The van der Waals surface area contributed by atoms with Gasteiger partial charge in [-0.1, -0.05) is 276 Å². The van der Waals surface area contributed by atoms with E-state index in [1.807, 2.05) is 13.8 Å². The third kappa shape index (κ3) is 24.7. The van der Waals surface area contributed by atoms with Gasteiger partial charge in [-0.2, -0.15) is 0 Å². The van der Waals surface area contributed by atoms with Gasteiger partial charge in [-0.05, 0) is 235 Å². The van der Waals surface area contributed by atoms with Gasteiger partial charge in [0.2, 0.25) is 0 Å². The second kappa shape index (κ2) is 35.8. The first kappa shape index (κ1) is 98.9. The molecule has 11 heteroatoms. The molecule has 7 nitrogen and oxygen atoms in total. The van der Waals surface area contributed by atoms with Crippen LogP contribution in [0.25, 0.3) is 77.2 Å². The van der Waals surface area contributed by atoms with Crippen LogP contribution in [0.1, 0.15) is 310 Å². The number of aromatic nitrogens is 2. The fraction of sp³-hybridized carbons (Fsp3) is 0.550. The Balaban J connectivity index is 0.00000152. The van der Waals surface area contributed by atoms with Crippen molar-refractivity contribution in [3.8, 4) is 56.6 Å². The van der Waals surface area contributed by atoms with Crippen LogP contribution in [0.15, 0.2) is 121 Å². The van der Waals surface area contributed by atoms with Gasteiger partial charge in [0.05, 0.1) is 46.7 Å². The van der Waals surface area contributed by atoms with E-state index in [9.17, 15) is 10.2 Å². The third-order valence-corrected chi connectivity index (χ3v) is 23.4. The van der Waals surface area contributed by atoms with Crippen LogP contribution in [0, 0.1) is 64.5 Å². The third-order valence-electron chi connectivity index (χ3n) is 23.4. The summed E-state index contributed by atoms with van der Waals surface area (Å²) < 4.78 is 55.9. The number of benzene rings is 8. The molecule has 1 saturated heterocycles. The Morgan fingerprint density at radius 3 is 0.800 bits per heavy atom. The van der Waals surface area contributed by atoms with E-state index in [4.69, 9.17) is 9.47 Å². The molecule has 0 amide bonds. The summed E-state index contributed by atoms with van der Waals surface area (Å²) in [6.07, 6.45) is 8.53. The fourth-order valence-electron chi connectivity index (χ4n) is 20.8. The molecule has 1 radical (unpaired) electrons. The van der Waals surface area contributed by atoms with Crippen LogP contribution in [0.4, 0.5) is 8.78 Å². The Labute approximate surface area is 745 Å². The van der Waals surface area contributed by atoms with Crippen molar-refractivity contribution in [1.29, 1.82) is 0 Å². The summed E-state index contributed by atoms with van der Waals surface area (Å²) in [4.78, 5) is 0. The Morgan fingerprint density at radius 2 is 0.583 bits per heavy atom. The van der Waals surface area contributed by atoms with Crippen molar-refractivity contribution in [2.24, 2.45) is 32.5 Å². The van der Waals surface area contributed by atoms with Gasteiger partial charge in [0, 0.05) is 88.9 Å². The second-order valence-electron chi connectivity index (χ2n) is 48.3. The number of aromatic hydroxyl groups is 2. The van der Waals surface area contributed by atoms with Crippen LogP contribution in [0.2, 0.25) is 19.6 Å². The first-order chi connectivity index (χ1) is 54.2. The van der Waals surface area contributed by atoms with Gasteiger partial charge in [0.1, 0.15) is 47.8 Å². The van der Waals surface area contributed by atoms with Crippen molar-refractivity contribution in [2.75, 3.05) is 26.4 Å². The molecule has 3 N–H and O–H groups in total. The van der Waals surface area contributed by atoms with E-state index < -0.39 is 30.5 Å². The number of phenolic OH excluding ortho intramolecular Hbond substituents is 2. The predicted molar refractivity (Wildman–Crippen MR) is 513 cm³/mol. The molecule has 0 spiro atoms. The molecule has 11 rings (SSSR count). The van der Waals surface area contributed by atoms with Crippen molar-refractivity contribution in [3.05, 3.63) is 184 Å². The molecule has 0 bridgehead atoms. The van der Waals surface area contributed by atoms with Gasteiger partial charge in [-0.3, -0.25) is 0 Å². The van der Waals surface area contributed by atoms with Crippen molar-refractivity contribution in [2.45, 2.75) is 331 Å². The standard InChI is InChI=1S/C101H136F2N2O4.C4H8O.C4H11Si.Sc/c1-62-44-70(102)54-78(76-46-68(100(29,30)60-94(15,16)17)52-84(86(76)106)104-80-48-64(96(21,22)56-90(3,4)5)34-38-72(80)73-39-35-65(49-81(73)104)97(23,24)57-91(6,7)8)88(62)108-42-33-43-109-89-63(2)45-71(103)55-79(89)77-47-69(101(31,32)61-95(18,19)20)53-85(87(77)107)105-82-50-66(98(25,26)58-92(9,10)11)36-40-74(82)75-41-37-67(51-83(75)105)99(27,28)59-93(12,13)14;1-2-4-5-3-1;1-5(2,3)4;/h34-41,44-55,106-107H,33,42-43,56-61H2,1-32H3;1-4H2;1H2,2-4H3;/q;;-1;/p+1. The molecule has 3 heterocycles. The minimum atomic E-state index is -0.861. The van der Waals surface area contributed by atoms with Crippen LogP contribution in [0.5, 0.6) is 23.0 Å². The molecule has 0 atom stereocenters. The van der Waals surface area contributed by atoms with Gasteiger partial charge in [0.25, 0.3) is 0 Å². The average molecular weight is 1690 g/mol. The molecule has 1 aliphatic heterocycles. The maximum absolute atomic E-state index is 16.6. The Kier molecular flexibility index (Phi) is 29.5. The molecule has 653 valence electrons. The fourth-order valence-corrected chi connectivity index (χ4v) is 20.8. The zero-order valence-corrected chi connectivity index (χ0v) is 84.1. The molecule has 8 aromatic carbocycles. The molecule has 120 heavy (non-hydrogen) atoms. The van der Waals surface area contributed by atoms with Gasteiger partial charge < -0.3 is 40.1 Å². The molecular formula is C109H156F2N2O5ScSi. The zero-order valence-electron chi connectivity index (χ0n) is 81.3. The number of ether oxygens (including phenoxy) is 3. The molecule has 0 unspecified atom stereocenters. The second-order valence-corrected chi connectivity index (χ2v) is 53.4. The van der Waals surface area contributed by atoms with Crippen LogP contribution in [-0.2, 0) is 58.3 Å². The van der Waals surface area contributed by atoms with E-state index in [2.05, 4.69) is 345 Å². The summed E-state index contributed by atoms with van der Waals surface area (Å²) in [6.45, 7) is 85.9. The normalized spacial score (nSPS) is 14.1. The van der Waals surface area contributed by atoms with Crippen molar-refractivity contribution >= 4 is 51.7 Å². The molecule has 1 aliphatic rings. The van der Waals surface area contributed by atoms with Gasteiger partial charge in [-0.15, -0.1) is 8.07 Å². The Hall–Kier alpha value is -6.53. The number of aryl methyl sites for hydroxylation is 2. The Morgan fingerprint density at radius 1 is 0.350 bits per heavy atom. The number of aliphatic hydroxyl groups is 2. The number of phenols is 2. The van der Waals surface area contributed by atoms with E-state index in [1.54, 1.807) is 0 Å². The van der Waals surface area contributed by atoms with E-state index in [-0.39, 0.29) is 105 Å². The minimum absolute atomic E-state index is 0. The van der Waals surface area contributed by atoms with Gasteiger partial charge in [-0.25, -0.2) is 8.78 Å². The molecule has 2 aromatic heterocycles. The monoisotopic (exact) mass is 1680 g/mol. The van der Waals surface area contributed by atoms with E-state index >= 15 is 8.78 Å². The van der Waals surface area contributed by atoms with E-state index in [1.165, 1.54) is 59.4 Å². The maximum atomic E-state index is 16.6. The number of nitrogens with zero attached hydrogens (tertiary/aromatic N) is 2. The number of rotatable bonds is 22. The van der Waals surface area contributed by atoms with Crippen molar-refractivity contribution < 1.29 is 59.0 Å². The average Bonchev–Trinajstić information content (AvgIpc) is 1.00. The molecule has 0 aliphatic carbocycles. The van der Waals surface area contributed by atoms with E-state index in [0.29, 0.717) is 62.7 Å². The van der Waals surface area contributed by atoms with Gasteiger partial charge >= 0.3 is 0 Å². The molecular weight excluding hydrogens is 1530 g/mol. The number of hydrogen-bond donors (Lipinski definition) is 2. The molecule has 0 saturated carbocycles. The summed E-state index contributed by atoms with van der Waals surface area (Å²) in [5.74, 6) is 0.0744. The SMILES string of the molecule is C1CC[OH+]C1.Cc1cc(F)cc(-c2cc(C(C)(C)CC(C)(C)C)cc(-n3c4cc(C(C)(C)CC(C)(C)C)ccc4c4ccc(C(C)(C)CC(C)(C)C)cc43)c2O)c1OCCCOc1c(C)cc(F)cc1-c1cc(C(C)(C)CC(C)(C)C)cc(-n2c3cc(C(C)(C)CC(C)(C)C)ccc3c3ccc(C(C)(C)CC(C)(C)C)cc32)c1O.[CH2-][Si](C)(C)C.[Sc]. The van der Waals surface area contributed by atoms with Crippen molar-refractivity contribution in [3.63, 3.8) is 0 Å². The number of hydrogen-bond acceptors (Lipinski definition) is 4. The van der Waals surface area contributed by atoms with E-state index in [0.717, 1.165) is 106 Å². The summed E-state index contributed by atoms with van der Waals surface area (Å²) in [5, 5.41) is 31.6. The smallest absolute Gasteiger partial charge is 0.147 e. The maximum Gasteiger partial charge on any atom is 0.147 e. The largest absolute Gasteiger partial charge is 0.505 e. The topological polar surface area (TPSA) is 81.6 Å². The zero-order chi connectivity index (χ0) is 89.3. The number of halogens is 2. The van der Waals surface area contributed by atoms with Crippen molar-refractivity contribution in [1.82, 2.24) is 9.13 Å². The van der Waals surface area contributed by atoms with Crippen LogP contribution < -0.4 is 9.47 Å². The summed E-state index contributed by atoms with van der Waals surface area (Å²) in [6, 6.07) is 42.2. The van der Waals surface area contributed by atoms with Crippen LogP contribution >= 0.6 is 0 Å².